The second-order valence-corrected chi connectivity index (χ2v) is 17.5. The summed E-state index contributed by atoms with van der Waals surface area (Å²) in [4.78, 5) is 10.7. The molecule has 8 aromatic rings. The van der Waals surface area contributed by atoms with Crippen LogP contribution in [0.15, 0.2) is 146 Å². The number of hydrogen-bond acceptors (Lipinski definition) is 3. The molecule has 0 spiro atoms. The molecule has 0 saturated carbocycles. The van der Waals surface area contributed by atoms with Gasteiger partial charge in [0.2, 0.25) is 0 Å². The quantitative estimate of drug-likeness (QED) is 0.117. The van der Waals surface area contributed by atoms with E-state index in [0.29, 0.717) is 18.4 Å². The zero-order chi connectivity index (χ0) is 42.8. The van der Waals surface area contributed by atoms with Crippen LogP contribution in [0, 0.1) is 6.07 Å². The fraction of sp³-hybridized carbons (Fsp3) is 0.250. The zero-order valence-corrected chi connectivity index (χ0v) is 39.4. The second kappa shape index (κ2) is 19.1. The third-order valence-electron chi connectivity index (χ3n) is 11.8. The van der Waals surface area contributed by atoms with E-state index in [2.05, 4.69) is 180 Å². The molecule has 0 fully saturated rings. The molecular weight excluding hydrogens is 940 g/mol. The van der Waals surface area contributed by atoms with Gasteiger partial charge in [0.15, 0.2) is 0 Å². The Bertz CT molecular complexity index is 2700. The van der Waals surface area contributed by atoms with Crippen LogP contribution in [-0.4, -0.2) is 24.2 Å². The van der Waals surface area contributed by atoms with Gasteiger partial charge < -0.3 is 9.67 Å². The molecule has 0 saturated heterocycles. The number of rotatable bonds is 13. The molecular formula is C56H57N4OPt-. The summed E-state index contributed by atoms with van der Waals surface area (Å²) >= 11 is 0. The van der Waals surface area contributed by atoms with E-state index in [1.807, 2.05) is 30.3 Å². The first-order valence-corrected chi connectivity index (χ1v) is 21.9. The number of aromatic nitrogens is 4. The van der Waals surface area contributed by atoms with Crippen LogP contribution in [0.5, 0.6) is 5.75 Å². The van der Waals surface area contributed by atoms with Crippen LogP contribution >= 0.6 is 0 Å². The number of phenolic OH excluding ortho intramolecular Hbond substituents is 1. The van der Waals surface area contributed by atoms with Gasteiger partial charge in [0, 0.05) is 44.8 Å². The van der Waals surface area contributed by atoms with Crippen molar-refractivity contribution in [3.8, 4) is 62.2 Å². The summed E-state index contributed by atoms with van der Waals surface area (Å²) in [5, 5.41) is 11.3. The Kier molecular flexibility index (Phi) is 13.6. The molecule has 0 bridgehead atoms. The standard InChI is InChI=1S/C56H57N4O.Pt/c1-36(2)48-30-43(40-20-12-9-13-21-40)31-49(37(3)4)53(48)59-34-45(57-55(59)42-24-16-11-17-25-42)28-29-46-35-60(56(58-46)47-26-18-19-27-52(47)61)54-50(38(5)6)32-44(33-51(54)39(7)8)41-22-14-10-15-23-41;/h9-24,26-27,30-39,61H,28-29H2,1-8H3;/q-1;. The molecule has 0 radical (unpaired) electrons. The van der Waals surface area contributed by atoms with Gasteiger partial charge in [-0.3, -0.25) is 9.55 Å². The number of aromatic hydroxyl groups is 1. The largest absolute Gasteiger partial charge is 0.507 e. The Morgan fingerprint density at radius 3 is 1.31 bits per heavy atom. The van der Waals surface area contributed by atoms with Gasteiger partial charge >= 0.3 is 0 Å². The maximum absolute atomic E-state index is 11.3. The number of phenols is 1. The van der Waals surface area contributed by atoms with E-state index in [1.165, 1.54) is 50.2 Å². The summed E-state index contributed by atoms with van der Waals surface area (Å²) < 4.78 is 4.57. The number of hydrogen-bond donors (Lipinski definition) is 1. The van der Waals surface area contributed by atoms with Crippen molar-refractivity contribution >= 4 is 0 Å². The van der Waals surface area contributed by atoms with Gasteiger partial charge in [-0.05, 0) is 117 Å². The van der Waals surface area contributed by atoms with Crippen molar-refractivity contribution in [2.75, 3.05) is 0 Å². The normalized spacial score (nSPS) is 11.5. The van der Waals surface area contributed by atoms with Crippen LogP contribution in [0.25, 0.3) is 56.4 Å². The molecule has 0 aliphatic heterocycles. The summed E-state index contributed by atoms with van der Waals surface area (Å²) in [6, 6.07) is 49.9. The van der Waals surface area contributed by atoms with Gasteiger partial charge in [0.1, 0.15) is 11.6 Å². The monoisotopic (exact) mass is 996 g/mol. The maximum Gasteiger partial charge on any atom is 0.148 e. The molecule has 5 nitrogen and oxygen atoms in total. The van der Waals surface area contributed by atoms with Gasteiger partial charge in [-0.1, -0.05) is 128 Å². The zero-order valence-electron chi connectivity index (χ0n) is 37.1. The van der Waals surface area contributed by atoms with Crippen molar-refractivity contribution in [2.24, 2.45) is 0 Å². The van der Waals surface area contributed by atoms with Gasteiger partial charge in [-0.15, -0.1) is 35.9 Å². The number of para-hydroxylation sites is 1. The molecule has 6 aromatic carbocycles. The van der Waals surface area contributed by atoms with Crippen LogP contribution in [0.3, 0.4) is 0 Å². The molecule has 62 heavy (non-hydrogen) atoms. The Balaban J connectivity index is 0.00000578. The topological polar surface area (TPSA) is 55.9 Å². The smallest absolute Gasteiger partial charge is 0.148 e. The summed E-state index contributed by atoms with van der Waals surface area (Å²) in [6.45, 7) is 18.2. The first-order chi connectivity index (χ1) is 29.5. The van der Waals surface area contributed by atoms with Crippen LogP contribution in [0.2, 0.25) is 0 Å². The average Bonchev–Trinajstić information content (AvgIpc) is 3.90. The molecule has 0 aliphatic rings. The van der Waals surface area contributed by atoms with Crippen molar-refractivity contribution in [3.63, 3.8) is 0 Å². The van der Waals surface area contributed by atoms with E-state index in [0.717, 1.165) is 34.3 Å². The van der Waals surface area contributed by atoms with Crippen molar-refractivity contribution in [1.29, 1.82) is 0 Å². The fourth-order valence-corrected chi connectivity index (χ4v) is 8.54. The predicted octanol–water partition coefficient (Wildman–Crippen LogP) is 14.5. The summed E-state index contributed by atoms with van der Waals surface area (Å²) in [6.07, 6.45) is 5.78. The number of aryl methyl sites for hydroxylation is 2. The van der Waals surface area contributed by atoms with E-state index in [9.17, 15) is 5.11 Å². The molecule has 2 aromatic heterocycles. The minimum Gasteiger partial charge on any atom is -0.507 e. The molecule has 6 heteroatoms. The van der Waals surface area contributed by atoms with Crippen LogP contribution in [0.4, 0.5) is 0 Å². The van der Waals surface area contributed by atoms with Crippen LogP contribution in [0.1, 0.15) is 113 Å². The molecule has 1 N–H and O–H groups in total. The van der Waals surface area contributed by atoms with Crippen LogP contribution in [-0.2, 0) is 33.9 Å². The second-order valence-electron chi connectivity index (χ2n) is 17.5. The van der Waals surface area contributed by atoms with Crippen molar-refractivity contribution < 1.29 is 26.2 Å². The van der Waals surface area contributed by atoms with E-state index in [4.69, 9.17) is 9.97 Å². The van der Waals surface area contributed by atoms with Crippen molar-refractivity contribution in [2.45, 2.75) is 91.9 Å². The fourth-order valence-electron chi connectivity index (χ4n) is 8.54. The SMILES string of the molecule is CC(C)c1cc(-c2ccccc2)cc(C(C)C)c1-n1cc(CCc2cn(-c3c(C(C)C)cc(-c4ccccc4)cc3C(C)C)c(-c3ccccc3O)n2)nc1-c1[c-]cccc1.[Pt]. The van der Waals surface area contributed by atoms with E-state index in [-0.39, 0.29) is 50.5 Å². The van der Waals surface area contributed by atoms with Gasteiger partial charge in [-0.25, -0.2) is 4.98 Å². The van der Waals surface area contributed by atoms with Crippen molar-refractivity contribution in [3.05, 3.63) is 186 Å². The van der Waals surface area contributed by atoms with Crippen LogP contribution < -0.4 is 0 Å². The van der Waals surface area contributed by atoms with Gasteiger partial charge in [0.25, 0.3) is 0 Å². The Morgan fingerprint density at radius 2 is 0.887 bits per heavy atom. The minimum atomic E-state index is 0. The minimum absolute atomic E-state index is 0. The first kappa shape index (κ1) is 44.3. The summed E-state index contributed by atoms with van der Waals surface area (Å²) in [5.41, 5.74) is 15.8. The third kappa shape index (κ3) is 9.06. The van der Waals surface area contributed by atoms with Crippen molar-refractivity contribution in [1.82, 2.24) is 19.1 Å². The average molecular weight is 997 g/mol. The van der Waals surface area contributed by atoms with E-state index >= 15 is 0 Å². The Labute approximate surface area is 382 Å². The number of nitrogens with zero attached hydrogens (tertiary/aromatic N) is 4. The van der Waals surface area contributed by atoms with E-state index in [1.54, 1.807) is 6.07 Å². The maximum atomic E-state index is 11.3. The molecule has 2 heterocycles. The van der Waals surface area contributed by atoms with Gasteiger partial charge in [-0.2, -0.15) is 0 Å². The first-order valence-electron chi connectivity index (χ1n) is 21.9. The molecule has 0 aliphatic carbocycles. The molecule has 318 valence electrons. The number of imidazole rings is 2. The molecule has 8 rings (SSSR count). The molecule has 0 atom stereocenters. The van der Waals surface area contributed by atoms with Gasteiger partial charge in [0.05, 0.1) is 22.8 Å². The Morgan fingerprint density at radius 1 is 0.484 bits per heavy atom. The molecule has 0 unspecified atom stereocenters. The third-order valence-corrected chi connectivity index (χ3v) is 11.8. The number of benzene rings is 6. The molecule has 0 amide bonds. The predicted molar refractivity (Wildman–Crippen MR) is 253 cm³/mol. The Hall–Kier alpha value is -5.77. The van der Waals surface area contributed by atoms with E-state index < -0.39 is 0 Å². The summed E-state index contributed by atoms with van der Waals surface area (Å²) in [5.74, 6) is 2.86. The summed E-state index contributed by atoms with van der Waals surface area (Å²) in [7, 11) is 0.